The molecule has 248 valence electrons. The third-order valence-corrected chi connectivity index (χ3v) is 10.6. The Balaban J connectivity index is 1.17. The Kier molecular flexibility index (Phi) is 7.55. The van der Waals surface area contributed by atoms with Gasteiger partial charge in [0.05, 0.1) is 5.69 Å². The summed E-state index contributed by atoms with van der Waals surface area (Å²) in [6, 6.07) is 77.3. The Labute approximate surface area is 309 Å². The number of nitrogens with zero attached hydrogens (tertiary/aromatic N) is 1. The molecule has 0 saturated carbocycles. The van der Waals surface area contributed by atoms with Crippen LogP contribution in [0.5, 0.6) is 0 Å². The van der Waals surface area contributed by atoms with Crippen LogP contribution in [0.4, 0.5) is 17.1 Å². The van der Waals surface area contributed by atoms with Crippen molar-refractivity contribution in [3.05, 3.63) is 212 Å². The molecule has 10 aromatic carbocycles. The SMILES string of the molecule is c1cc(-c2cc3ccccc3c3ccccc23)cc(N(c2ccc(-c3ccc4ccccc4c3)cc2)c2ccccc2-c2cccc3ccccc23)c1. The minimum atomic E-state index is 1.10. The van der Waals surface area contributed by atoms with Gasteiger partial charge in [0.1, 0.15) is 0 Å². The molecule has 0 N–H and O–H groups in total. The Bertz CT molecular complexity index is 2950. The van der Waals surface area contributed by atoms with Gasteiger partial charge in [0.2, 0.25) is 0 Å². The topological polar surface area (TPSA) is 3.24 Å². The van der Waals surface area contributed by atoms with Gasteiger partial charge in [-0.2, -0.15) is 0 Å². The summed E-state index contributed by atoms with van der Waals surface area (Å²) in [4.78, 5) is 2.42. The highest BCUT2D eigenvalue weighted by Gasteiger charge is 2.19. The zero-order valence-corrected chi connectivity index (χ0v) is 29.2. The Hall–Kier alpha value is -6.96. The molecule has 1 nitrogen and oxygen atoms in total. The molecule has 10 aromatic rings. The second-order valence-corrected chi connectivity index (χ2v) is 13.7. The molecular formula is C52H35N. The molecule has 0 heterocycles. The van der Waals surface area contributed by atoms with E-state index >= 15 is 0 Å². The van der Waals surface area contributed by atoms with Crippen LogP contribution in [0.15, 0.2) is 212 Å². The first-order chi connectivity index (χ1) is 26.3. The third kappa shape index (κ3) is 5.51. The highest BCUT2D eigenvalue weighted by Crippen LogP contribution is 2.44. The van der Waals surface area contributed by atoms with Crippen molar-refractivity contribution in [2.24, 2.45) is 0 Å². The lowest BCUT2D eigenvalue weighted by molar-refractivity contribution is 1.28. The van der Waals surface area contributed by atoms with E-state index in [0.29, 0.717) is 0 Å². The van der Waals surface area contributed by atoms with Gasteiger partial charge < -0.3 is 4.90 Å². The summed E-state index contributed by atoms with van der Waals surface area (Å²) >= 11 is 0. The van der Waals surface area contributed by atoms with Gasteiger partial charge in [-0.25, -0.2) is 0 Å². The smallest absolute Gasteiger partial charge is 0.0540 e. The fraction of sp³-hybridized carbons (Fsp3) is 0. The van der Waals surface area contributed by atoms with Crippen LogP contribution in [0, 0.1) is 0 Å². The quantitative estimate of drug-likeness (QED) is 0.159. The van der Waals surface area contributed by atoms with Crippen molar-refractivity contribution < 1.29 is 0 Å². The van der Waals surface area contributed by atoms with Gasteiger partial charge in [-0.1, -0.05) is 170 Å². The lowest BCUT2D eigenvalue weighted by atomic mass is 9.93. The van der Waals surface area contributed by atoms with Gasteiger partial charge in [0.15, 0.2) is 0 Å². The van der Waals surface area contributed by atoms with Crippen LogP contribution in [0.25, 0.3) is 76.5 Å². The molecular weight excluding hydrogens is 639 g/mol. The largest absolute Gasteiger partial charge is 0.310 e. The van der Waals surface area contributed by atoms with Crippen LogP contribution in [-0.4, -0.2) is 0 Å². The minimum Gasteiger partial charge on any atom is -0.310 e. The van der Waals surface area contributed by atoms with E-state index < -0.39 is 0 Å². The predicted molar refractivity (Wildman–Crippen MR) is 227 cm³/mol. The van der Waals surface area contributed by atoms with Crippen LogP contribution < -0.4 is 4.90 Å². The Morgan fingerprint density at radius 3 is 1.70 bits per heavy atom. The summed E-state index contributed by atoms with van der Waals surface area (Å²) in [5.74, 6) is 0. The Morgan fingerprint density at radius 2 is 0.849 bits per heavy atom. The molecule has 0 spiro atoms. The number of rotatable bonds is 6. The first kappa shape index (κ1) is 30.8. The van der Waals surface area contributed by atoms with E-state index in [1.54, 1.807) is 0 Å². The first-order valence-corrected chi connectivity index (χ1v) is 18.3. The highest BCUT2D eigenvalue weighted by atomic mass is 15.1. The van der Waals surface area contributed by atoms with Gasteiger partial charge in [-0.15, -0.1) is 0 Å². The van der Waals surface area contributed by atoms with Gasteiger partial charge in [-0.05, 0) is 113 Å². The standard InChI is InChI=1S/C52H35N/c1-2-15-39-33-40(28-27-36(39)13-1)37-29-31-43(32-30-37)53(52-26-10-9-24-50(52)48-25-12-17-38-14-3-5-20-45(38)48)44-19-11-18-41(34-44)51-35-42-16-4-6-21-46(42)47-22-7-8-23-49(47)51/h1-35H. The van der Waals surface area contributed by atoms with Gasteiger partial charge in [0, 0.05) is 16.9 Å². The molecule has 53 heavy (non-hydrogen) atoms. The second kappa shape index (κ2) is 13.0. The van der Waals surface area contributed by atoms with E-state index in [1.165, 1.54) is 76.5 Å². The molecule has 0 aliphatic rings. The summed E-state index contributed by atoms with van der Waals surface area (Å²) in [7, 11) is 0. The van der Waals surface area contributed by atoms with Crippen LogP contribution in [0.3, 0.4) is 0 Å². The van der Waals surface area contributed by atoms with E-state index in [4.69, 9.17) is 0 Å². The zero-order chi connectivity index (χ0) is 35.1. The fourth-order valence-corrected chi connectivity index (χ4v) is 8.06. The molecule has 0 aliphatic heterocycles. The summed E-state index contributed by atoms with van der Waals surface area (Å²) in [6.07, 6.45) is 0. The van der Waals surface area contributed by atoms with Crippen LogP contribution >= 0.6 is 0 Å². The summed E-state index contributed by atoms with van der Waals surface area (Å²) in [5.41, 5.74) is 10.6. The minimum absolute atomic E-state index is 1.10. The van der Waals surface area contributed by atoms with Crippen molar-refractivity contribution in [3.8, 4) is 33.4 Å². The van der Waals surface area contributed by atoms with Gasteiger partial charge >= 0.3 is 0 Å². The molecule has 0 radical (unpaired) electrons. The normalized spacial score (nSPS) is 11.4. The van der Waals surface area contributed by atoms with Crippen molar-refractivity contribution in [2.75, 3.05) is 4.90 Å². The van der Waals surface area contributed by atoms with Crippen molar-refractivity contribution in [3.63, 3.8) is 0 Å². The van der Waals surface area contributed by atoms with E-state index in [1.807, 2.05) is 0 Å². The molecule has 0 saturated heterocycles. The number of anilines is 3. The summed E-state index contributed by atoms with van der Waals surface area (Å²) < 4.78 is 0. The van der Waals surface area contributed by atoms with Gasteiger partial charge in [-0.3, -0.25) is 0 Å². The third-order valence-electron chi connectivity index (χ3n) is 10.6. The van der Waals surface area contributed by atoms with Crippen molar-refractivity contribution in [1.82, 2.24) is 0 Å². The van der Waals surface area contributed by atoms with E-state index in [-0.39, 0.29) is 0 Å². The van der Waals surface area contributed by atoms with Crippen LogP contribution in [-0.2, 0) is 0 Å². The fourth-order valence-electron chi connectivity index (χ4n) is 8.06. The molecule has 0 atom stereocenters. The predicted octanol–water partition coefficient (Wildman–Crippen LogP) is 14.8. The number of fused-ring (bicyclic) bond motifs is 5. The lowest BCUT2D eigenvalue weighted by Gasteiger charge is -2.29. The lowest BCUT2D eigenvalue weighted by Crippen LogP contribution is -2.11. The average molecular weight is 674 g/mol. The van der Waals surface area contributed by atoms with E-state index in [0.717, 1.165) is 17.1 Å². The van der Waals surface area contributed by atoms with E-state index in [2.05, 4.69) is 217 Å². The average Bonchev–Trinajstić information content (AvgIpc) is 3.24. The molecule has 0 aromatic heterocycles. The number of hydrogen-bond donors (Lipinski definition) is 0. The second-order valence-electron chi connectivity index (χ2n) is 13.7. The molecule has 0 aliphatic carbocycles. The summed E-state index contributed by atoms with van der Waals surface area (Å²) in [5, 5.41) is 10.0. The maximum absolute atomic E-state index is 2.42. The van der Waals surface area contributed by atoms with Crippen LogP contribution in [0.1, 0.15) is 0 Å². The van der Waals surface area contributed by atoms with Crippen molar-refractivity contribution >= 4 is 60.2 Å². The van der Waals surface area contributed by atoms with Crippen molar-refractivity contribution in [2.45, 2.75) is 0 Å². The molecule has 0 unspecified atom stereocenters. The number of para-hydroxylation sites is 1. The molecule has 0 fully saturated rings. The maximum atomic E-state index is 2.42. The first-order valence-electron chi connectivity index (χ1n) is 18.3. The van der Waals surface area contributed by atoms with Crippen molar-refractivity contribution in [1.29, 1.82) is 0 Å². The highest BCUT2D eigenvalue weighted by molar-refractivity contribution is 6.14. The maximum Gasteiger partial charge on any atom is 0.0540 e. The molecule has 1 heteroatoms. The van der Waals surface area contributed by atoms with Crippen LogP contribution in [0.2, 0.25) is 0 Å². The number of hydrogen-bond acceptors (Lipinski definition) is 1. The molecule has 0 bridgehead atoms. The summed E-state index contributed by atoms with van der Waals surface area (Å²) in [6.45, 7) is 0. The molecule has 10 rings (SSSR count). The van der Waals surface area contributed by atoms with Gasteiger partial charge in [0.25, 0.3) is 0 Å². The Morgan fingerprint density at radius 1 is 0.245 bits per heavy atom. The monoisotopic (exact) mass is 673 g/mol. The number of benzene rings is 10. The van der Waals surface area contributed by atoms with E-state index in [9.17, 15) is 0 Å². The molecule has 0 amide bonds. The zero-order valence-electron chi connectivity index (χ0n) is 29.2.